The molecule has 2 rings (SSSR count). The highest BCUT2D eigenvalue weighted by Crippen LogP contribution is 2.28. The highest BCUT2D eigenvalue weighted by Gasteiger charge is 2.31. The molecule has 1 fully saturated rings. The van der Waals surface area contributed by atoms with Crippen LogP contribution >= 0.6 is 0 Å². The molecule has 0 bridgehead atoms. The number of rotatable bonds is 3. The third-order valence-corrected chi connectivity index (χ3v) is 3.24. The van der Waals surface area contributed by atoms with Crippen molar-refractivity contribution in [2.75, 3.05) is 30.4 Å². The van der Waals surface area contributed by atoms with Crippen LogP contribution in [0.2, 0.25) is 0 Å². The molecule has 5 heteroatoms. The summed E-state index contributed by atoms with van der Waals surface area (Å²) in [5, 5.41) is 12.4. The summed E-state index contributed by atoms with van der Waals surface area (Å²) in [6.07, 6.45) is 4.54. The molecule has 0 aromatic carbocycles. The van der Waals surface area contributed by atoms with Gasteiger partial charge >= 0.3 is 0 Å². The second-order valence-corrected chi connectivity index (χ2v) is 4.22. The molecule has 1 aromatic heterocycles. The Kier molecular flexibility index (Phi) is 3.24. The molecule has 16 heavy (non-hydrogen) atoms. The van der Waals surface area contributed by atoms with Crippen LogP contribution in [0.3, 0.4) is 0 Å². The van der Waals surface area contributed by atoms with Crippen molar-refractivity contribution >= 4 is 11.6 Å². The molecule has 5 nitrogen and oxygen atoms in total. The van der Waals surface area contributed by atoms with Crippen molar-refractivity contribution < 1.29 is 5.11 Å². The zero-order valence-electron chi connectivity index (χ0n) is 9.72. The van der Waals surface area contributed by atoms with E-state index in [0.717, 1.165) is 24.6 Å². The Balaban J connectivity index is 2.22. The van der Waals surface area contributed by atoms with Gasteiger partial charge in [0, 0.05) is 13.6 Å². The minimum Gasteiger partial charge on any atom is -0.394 e. The molecule has 88 valence electrons. The molecular formula is C11H18N4O. The molecule has 2 atom stereocenters. The van der Waals surface area contributed by atoms with Gasteiger partial charge in [-0.1, -0.05) is 6.92 Å². The molecule has 2 unspecified atom stereocenters. The topological polar surface area (TPSA) is 61.3 Å². The lowest BCUT2D eigenvalue weighted by Crippen LogP contribution is -2.35. The van der Waals surface area contributed by atoms with E-state index in [1.165, 1.54) is 0 Å². The first-order valence-electron chi connectivity index (χ1n) is 5.63. The quantitative estimate of drug-likeness (QED) is 0.789. The standard InChI is InChI=1S/C11H18N4O/c1-8-3-4-15(9(8)7-16)11-6-13-5-10(12-2)14-11/h5-6,8-9,16H,3-4,7H2,1-2H3,(H,12,14). The van der Waals surface area contributed by atoms with Crippen LogP contribution in [0.25, 0.3) is 0 Å². The van der Waals surface area contributed by atoms with E-state index in [1.54, 1.807) is 12.4 Å². The lowest BCUT2D eigenvalue weighted by molar-refractivity contribution is 0.244. The van der Waals surface area contributed by atoms with Crippen molar-refractivity contribution in [2.24, 2.45) is 5.92 Å². The molecule has 0 aliphatic carbocycles. The maximum atomic E-state index is 9.39. The van der Waals surface area contributed by atoms with Gasteiger partial charge in [0.15, 0.2) is 0 Å². The zero-order valence-corrected chi connectivity index (χ0v) is 9.72. The van der Waals surface area contributed by atoms with Crippen molar-refractivity contribution in [1.82, 2.24) is 9.97 Å². The molecule has 0 amide bonds. The van der Waals surface area contributed by atoms with E-state index < -0.39 is 0 Å². The van der Waals surface area contributed by atoms with E-state index in [0.29, 0.717) is 5.92 Å². The number of aliphatic hydroxyl groups excluding tert-OH is 1. The molecular weight excluding hydrogens is 204 g/mol. The van der Waals surface area contributed by atoms with E-state index in [-0.39, 0.29) is 12.6 Å². The van der Waals surface area contributed by atoms with Gasteiger partial charge in [0.2, 0.25) is 0 Å². The van der Waals surface area contributed by atoms with Gasteiger partial charge in [-0.15, -0.1) is 0 Å². The number of aliphatic hydroxyl groups is 1. The molecule has 0 saturated carbocycles. The van der Waals surface area contributed by atoms with Gasteiger partial charge in [-0.2, -0.15) is 0 Å². The van der Waals surface area contributed by atoms with Crippen molar-refractivity contribution in [3.8, 4) is 0 Å². The summed E-state index contributed by atoms with van der Waals surface area (Å²) in [7, 11) is 1.82. The Hall–Kier alpha value is -1.36. The minimum atomic E-state index is 0.168. The van der Waals surface area contributed by atoms with Crippen LogP contribution in [0.15, 0.2) is 12.4 Å². The van der Waals surface area contributed by atoms with Gasteiger partial charge < -0.3 is 15.3 Å². The van der Waals surface area contributed by atoms with E-state index in [9.17, 15) is 5.11 Å². The smallest absolute Gasteiger partial charge is 0.149 e. The van der Waals surface area contributed by atoms with Gasteiger partial charge in [-0.05, 0) is 12.3 Å². The monoisotopic (exact) mass is 222 g/mol. The largest absolute Gasteiger partial charge is 0.394 e. The first-order chi connectivity index (χ1) is 7.76. The first kappa shape index (κ1) is 11.1. The van der Waals surface area contributed by atoms with Gasteiger partial charge in [0.05, 0.1) is 25.0 Å². The molecule has 1 aromatic rings. The third-order valence-electron chi connectivity index (χ3n) is 3.24. The fourth-order valence-corrected chi connectivity index (χ4v) is 2.19. The Morgan fingerprint density at radius 2 is 2.38 bits per heavy atom. The number of aromatic nitrogens is 2. The fourth-order valence-electron chi connectivity index (χ4n) is 2.19. The minimum absolute atomic E-state index is 0.168. The summed E-state index contributed by atoms with van der Waals surface area (Å²) < 4.78 is 0. The second-order valence-electron chi connectivity index (χ2n) is 4.22. The van der Waals surface area contributed by atoms with Gasteiger partial charge in [0.25, 0.3) is 0 Å². The number of hydrogen-bond donors (Lipinski definition) is 2. The number of anilines is 2. The lowest BCUT2D eigenvalue weighted by Gasteiger charge is -2.26. The molecule has 1 aliphatic rings. The summed E-state index contributed by atoms with van der Waals surface area (Å²) in [6, 6.07) is 0.168. The molecule has 0 spiro atoms. The molecule has 0 radical (unpaired) electrons. The summed E-state index contributed by atoms with van der Waals surface area (Å²) in [4.78, 5) is 10.7. The first-order valence-corrected chi connectivity index (χ1v) is 5.63. The van der Waals surface area contributed by atoms with Crippen molar-refractivity contribution in [1.29, 1.82) is 0 Å². The van der Waals surface area contributed by atoms with E-state index in [4.69, 9.17) is 0 Å². The maximum Gasteiger partial charge on any atom is 0.149 e. The van der Waals surface area contributed by atoms with Gasteiger partial charge in [-0.25, -0.2) is 4.98 Å². The van der Waals surface area contributed by atoms with Crippen LogP contribution in [-0.2, 0) is 0 Å². The number of nitrogens with zero attached hydrogens (tertiary/aromatic N) is 3. The average Bonchev–Trinajstić information content (AvgIpc) is 2.70. The van der Waals surface area contributed by atoms with Crippen molar-refractivity contribution in [3.63, 3.8) is 0 Å². The van der Waals surface area contributed by atoms with Crippen LogP contribution in [0, 0.1) is 5.92 Å². The van der Waals surface area contributed by atoms with Crippen LogP contribution in [0.1, 0.15) is 13.3 Å². The number of hydrogen-bond acceptors (Lipinski definition) is 5. The Bertz CT molecular complexity index is 358. The Morgan fingerprint density at radius 1 is 1.56 bits per heavy atom. The average molecular weight is 222 g/mol. The molecule has 1 aliphatic heterocycles. The predicted octanol–water partition coefficient (Wildman–Crippen LogP) is 0.725. The van der Waals surface area contributed by atoms with E-state index in [1.807, 2.05) is 7.05 Å². The third kappa shape index (κ3) is 1.95. The Morgan fingerprint density at radius 3 is 3.06 bits per heavy atom. The zero-order chi connectivity index (χ0) is 11.5. The number of nitrogens with one attached hydrogen (secondary N) is 1. The van der Waals surface area contributed by atoms with E-state index >= 15 is 0 Å². The predicted molar refractivity (Wildman–Crippen MR) is 63.6 cm³/mol. The second kappa shape index (κ2) is 4.65. The van der Waals surface area contributed by atoms with Crippen LogP contribution in [-0.4, -0.2) is 41.3 Å². The summed E-state index contributed by atoms with van der Waals surface area (Å²) in [6.45, 7) is 3.27. The van der Waals surface area contributed by atoms with Crippen molar-refractivity contribution in [3.05, 3.63) is 12.4 Å². The molecule has 1 saturated heterocycles. The van der Waals surface area contributed by atoms with Gasteiger partial charge in [0.1, 0.15) is 11.6 Å². The van der Waals surface area contributed by atoms with Crippen molar-refractivity contribution in [2.45, 2.75) is 19.4 Å². The summed E-state index contributed by atoms with van der Waals surface area (Å²) >= 11 is 0. The Labute approximate surface area is 95.5 Å². The van der Waals surface area contributed by atoms with Crippen LogP contribution in [0.4, 0.5) is 11.6 Å². The normalized spacial score (nSPS) is 24.8. The SMILES string of the molecule is CNc1cncc(N2CCC(C)C2CO)n1. The fraction of sp³-hybridized carbons (Fsp3) is 0.636. The maximum absolute atomic E-state index is 9.39. The summed E-state index contributed by atoms with van der Waals surface area (Å²) in [5.41, 5.74) is 0. The van der Waals surface area contributed by atoms with Crippen LogP contribution in [0.5, 0.6) is 0 Å². The van der Waals surface area contributed by atoms with Gasteiger partial charge in [-0.3, -0.25) is 4.98 Å². The molecule has 2 heterocycles. The molecule has 2 N–H and O–H groups in total. The van der Waals surface area contributed by atoms with Crippen LogP contribution < -0.4 is 10.2 Å². The van der Waals surface area contributed by atoms with E-state index in [2.05, 4.69) is 27.1 Å². The lowest BCUT2D eigenvalue weighted by atomic mass is 10.0. The highest BCUT2D eigenvalue weighted by molar-refractivity contribution is 5.45. The summed E-state index contributed by atoms with van der Waals surface area (Å²) in [5.74, 6) is 2.11. The highest BCUT2D eigenvalue weighted by atomic mass is 16.3.